The molecule has 1 rings (SSSR count). The molecule has 104 valence electrons. The van der Waals surface area contributed by atoms with Crippen molar-refractivity contribution in [2.24, 2.45) is 11.8 Å². The Morgan fingerprint density at radius 1 is 1.22 bits per heavy atom. The molecule has 0 heterocycles. The summed E-state index contributed by atoms with van der Waals surface area (Å²) in [5.41, 5.74) is 0. The van der Waals surface area contributed by atoms with Crippen molar-refractivity contribution < 1.29 is 14.7 Å². The highest BCUT2D eigenvalue weighted by Gasteiger charge is 2.19. The Bertz CT molecular complexity index is 278. The molecule has 4 heteroatoms. The van der Waals surface area contributed by atoms with Gasteiger partial charge in [-0.05, 0) is 37.5 Å². The summed E-state index contributed by atoms with van der Waals surface area (Å²) in [6.07, 6.45) is 6.91. The number of aliphatic carboxylic acids is 1. The highest BCUT2D eigenvalue weighted by Crippen LogP contribution is 2.27. The maximum Gasteiger partial charge on any atom is 0.303 e. The number of carbonyl (C=O) groups excluding carboxylic acids is 1. The molecule has 1 aliphatic rings. The lowest BCUT2D eigenvalue weighted by Gasteiger charge is -2.26. The Morgan fingerprint density at radius 2 is 1.94 bits per heavy atom. The number of amides is 1. The molecule has 0 aliphatic heterocycles. The quantitative estimate of drug-likeness (QED) is 0.687. The van der Waals surface area contributed by atoms with Crippen LogP contribution in [0.15, 0.2) is 0 Å². The van der Waals surface area contributed by atoms with Crippen LogP contribution in [0.5, 0.6) is 0 Å². The molecule has 2 N–H and O–H groups in total. The summed E-state index contributed by atoms with van der Waals surface area (Å²) in [7, 11) is 0. The fourth-order valence-corrected chi connectivity index (χ4v) is 2.65. The van der Waals surface area contributed by atoms with E-state index in [1.807, 2.05) is 0 Å². The van der Waals surface area contributed by atoms with E-state index in [0.29, 0.717) is 25.2 Å². The molecular formula is C14H25NO3. The largest absolute Gasteiger partial charge is 0.481 e. The van der Waals surface area contributed by atoms with Crippen molar-refractivity contribution in [3.8, 4) is 0 Å². The van der Waals surface area contributed by atoms with Crippen LogP contribution in [-0.2, 0) is 9.59 Å². The molecule has 0 spiro atoms. The van der Waals surface area contributed by atoms with E-state index in [-0.39, 0.29) is 12.3 Å². The minimum absolute atomic E-state index is 0.0682. The summed E-state index contributed by atoms with van der Waals surface area (Å²) in [6, 6.07) is 0. The molecule has 0 aromatic heterocycles. The number of carbonyl (C=O) groups is 2. The molecule has 0 aromatic carbocycles. The first-order chi connectivity index (χ1) is 8.58. The third-order valence-corrected chi connectivity index (χ3v) is 3.68. The highest BCUT2D eigenvalue weighted by atomic mass is 16.4. The van der Waals surface area contributed by atoms with E-state index in [0.717, 1.165) is 12.5 Å². The zero-order chi connectivity index (χ0) is 13.4. The fourth-order valence-electron chi connectivity index (χ4n) is 2.65. The molecule has 2 atom stereocenters. The molecule has 0 saturated heterocycles. The zero-order valence-electron chi connectivity index (χ0n) is 11.3. The predicted octanol–water partition coefficient (Wildman–Crippen LogP) is 2.57. The minimum Gasteiger partial charge on any atom is -0.481 e. The highest BCUT2D eigenvalue weighted by molar-refractivity contribution is 5.75. The Balaban J connectivity index is 2.04. The van der Waals surface area contributed by atoms with E-state index < -0.39 is 5.97 Å². The normalized spacial score (nSPS) is 23.6. The van der Waals surface area contributed by atoms with Crippen LogP contribution >= 0.6 is 0 Å². The SMILES string of the molecule is CC1CCCC(CNC(=O)CCCCC(=O)O)C1. The third-order valence-electron chi connectivity index (χ3n) is 3.68. The number of unbranched alkanes of at least 4 members (excludes halogenated alkanes) is 1. The van der Waals surface area contributed by atoms with Crippen molar-refractivity contribution in [3.63, 3.8) is 0 Å². The number of nitrogens with one attached hydrogen (secondary N) is 1. The minimum atomic E-state index is -0.786. The maximum absolute atomic E-state index is 11.6. The Labute approximate surface area is 109 Å². The first kappa shape index (κ1) is 15.0. The Kier molecular flexibility index (Phi) is 6.76. The zero-order valence-corrected chi connectivity index (χ0v) is 11.3. The van der Waals surface area contributed by atoms with Crippen molar-refractivity contribution in [2.75, 3.05) is 6.54 Å². The summed E-state index contributed by atoms with van der Waals surface area (Å²) in [6.45, 7) is 3.07. The first-order valence-electron chi connectivity index (χ1n) is 7.06. The van der Waals surface area contributed by atoms with Gasteiger partial charge >= 0.3 is 5.97 Å². The molecule has 1 saturated carbocycles. The average Bonchev–Trinajstić information content (AvgIpc) is 2.32. The van der Waals surface area contributed by atoms with Crippen LogP contribution in [0.2, 0.25) is 0 Å². The van der Waals surface area contributed by atoms with Gasteiger partial charge in [0.15, 0.2) is 0 Å². The van der Waals surface area contributed by atoms with Crippen LogP contribution in [0.1, 0.15) is 58.3 Å². The van der Waals surface area contributed by atoms with Gasteiger partial charge in [-0.1, -0.05) is 19.8 Å². The van der Waals surface area contributed by atoms with Crippen molar-refractivity contribution in [1.82, 2.24) is 5.32 Å². The van der Waals surface area contributed by atoms with Gasteiger partial charge in [0.2, 0.25) is 5.91 Å². The molecule has 18 heavy (non-hydrogen) atoms. The molecular weight excluding hydrogens is 230 g/mol. The van der Waals surface area contributed by atoms with Crippen molar-refractivity contribution >= 4 is 11.9 Å². The molecule has 1 fully saturated rings. The van der Waals surface area contributed by atoms with Crippen molar-refractivity contribution in [1.29, 1.82) is 0 Å². The molecule has 1 aliphatic carbocycles. The number of carboxylic acids is 1. The monoisotopic (exact) mass is 255 g/mol. The average molecular weight is 255 g/mol. The molecule has 0 aromatic rings. The van der Waals surface area contributed by atoms with Crippen LogP contribution in [-0.4, -0.2) is 23.5 Å². The third kappa shape index (κ3) is 6.62. The molecule has 4 nitrogen and oxygen atoms in total. The molecule has 2 unspecified atom stereocenters. The van der Waals surface area contributed by atoms with Crippen LogP contribution < -0.4 is 5.32 Å². The van der Waals surface area contributed by atoms with Gasteiger partial charge in [-0.25, -0.2) is 0 Å². The second-order valence-corrected chi connectivity index (χ2v) is 5.54. The lowest BCUT2D eigenvalue weighted by atomic mass is 9.82. The standard InChI is InChI=1S/C14H25NO3/c1-11-5-4-6-12(9-11)10-15-13(16)7-2-3-8-14(17)18/h11-12H,2-10H2,1H3,(H,15,16)(H,17,18). The number of hydrogen-bond acceptors (Lipinski definition) is 2. The van der Waals surface area contributed by atoms with E-state index in [1.165, 1.54) is 25.7 Å². The molecule has 1 amide bonds. The van der Waals surface area contributed by atoms with Gasteiger partial charge in [-0.3, -0.25) is 9.59 Å². The van der Waals surface area contributed by atoms with Gasteiger partial charge in [0.05, 0.1) is 0 Å². The molecule has 0 radical (unpaired) electrons. The summed E-state index contributed by atoms with van der Waals surface area (Å²) in [5, 5.41) is 11.5. The van der Waals surface area contributed by atoms with Gasteiger partial charge in [0.1, 0.15) is 0 Å². The van der Waals surface area contributed by atoms with Crippen molar-refractivity contribution in [2.45, 2.75) is 58.3 Å². The van der Waals surface area contributed by atoms with E-state index in [4.69, 9.17) is 5.11 Å². The second-order valence-electron chi connectivity index (χ2n) is 5.54. The van der Waals surface area contributed by atoms with Gasteiger partial charge < -0.3 is 10.4 Å². The van der Waals surface area contributed by atoms with Crippen LogP contribution in [0.4, 0.5) is 0 Å². The van der Waals surface area contributed by atoms with Gasteiger partial charge in [-0.2, -0.15) is 0 Å². The smallest absolute Gasteiger partial charge is 0.303 e. The van der Waals surface area contributed by atoms with E-state index in [9.17, 15) is 9.59 Å². The Hall–Kier alpha value is -1.06. The van der Waals surface area contributed by atoms with Crippen LogP contribution in [0.25, 0.3) is 0 Å². The summed E-state index contributed by atoms with van der Waals surface area (Å²) in [5.74, 6) is 0.707. The number of hydrogen-bond donors (Lipinski definition) is 2. The number of carboxylic acid groups (broad SMARTS) is 1. The fraction of sp³-hybridized carbons (Fsp3) is 0.857. The lowest BCUT2D eigenvalue weighted by Crippen LogP contribution is -2.31. The predicted molar refractivity (Wildman–Crippen MR) is 70.2 cm³/mol. The lowest BCUT2D eigenvalue weighted by molar-refractivity contribution is -0.137. The van der Waals surface area contributed by atoms with Gasteiger partial charge in [0.25, 0.3) is 0 Å². The van der Waals surface area contributed by atoms with E-state index >= 15 is 0 Å². The second kappa shape index (κ2) is 8.11. The Morgan fingerprint density at radius 3 is 2.61 bits per heavy atom. The van der Waals surface area contributed by atoms with E-state index in [2.05, 4.69) is 12.2 Å². The maximum atomic E-state index is 11.6. The van der Waals surface area contributed by atoms with Crippen LogP contribution in [0.3, 0.4) is 0 Å². The first-order valence-corrected chi connectivity index (χ1v) is 7.06. The van der Waals surface area contributed by atoms with Gasteiger partial charge in [-0.15, -0.1) is 0 Å². The van der Waals surface area contributed by atoms with E-state index in [1.54, 1.807) is 0 Å². The topological polar surface area (TPSA) is 66.4 Å². The van der Waals surface area contributed by atoms with Crippen LogP contribution in [0, 0.1) is 11.8 Å². The summed E-state index contributed by atoms with van der Waals surface area (Å²) in [4.78, 5) is 21.9. The van der Waals surface area contributed by atoms with Gasteiger partial charge in [0, 0.05) is 19.4 Å². The summed E-state index contributed by atoms with van der Waals surface area (Å²) >= 11 is 0. The summed E-state index contributed by atoms with van der Waals surface area (Å²) < 4.78 is 0. The van der Waals surface area contributed by atoms with Crippen molar-refractivity contribution in [3.05, 3.63) is 0 Å². The molecule has 0 bridgehead atoms. The number of rotatable bonds is 7.